The zero-order valence-corrected chi connectivity index (χ0v) is 53.0. The highest BCUT2D eigenvalue weighted by molar-refractivity contribution is 7.89. The average Bonchev–Trinajstić information content (AvgIpc) is 4.18. The first kappa shape index (κ1) is 66.3. The number of nitrogens with two attached hydrogens (primary N) is 2. The van der Waals surface area contributed by atoms with Crippen molar-refractivity contribution in [2.24, 2.45) is 38.2 Å². The first-order valence-electron chi connectivity index (χ1n) is 29.9. The van der Waals surface area contributed by atoms with Crippen LogP contribution in [0.5, 0.6) is 0 Å². The lowest BCUT2D eigenvalue weighted by Gasteiger charge is -2.32. The fourth-order valence-electron chi connectivity index (χ4n) is 9.91. The highest BCUT2D eigenvalue weighted by Crippen LogP contribution is 2.40. The van der Waals surface area contributed by atoms with Crippen molar-refractivity contribution in [3.63, 3.8) is 0 Å². The highest BCUT2D eigenvalue weighted by Gasteiger charge is 2.34. The number of rotatable bonds is 33. The zero-order chi connectivity index (χ0) is 59.7. The van der Waals surface area contributed by atoms with E-state index in [2.05, 4.69) is 78.9 Å². The Morgan fingerprint density at radius 1 is 0.519 bits per heavy atom. The molecule has 21 heteroatoms. The summed E-state index contributed by atoms with van der Waals surface area (Å²) >= 11 is 0. The quantitative estimate of drug-likeness (QED) is 0.0295. The van der Waals surface area contributed by atoms with Crippen molar-refractivity contribution in [2.45, 2.75) is 226 Å². The standard InChI is InChI=1S/C60H97N15O4S2/c1-15-22-26-27-43(8)73(41-46(21-7)30-25-18-4)81(78,79)50-37-33-48(34-38-50)67-69-52-54(60(12,13)14)71-75(56(52)62)58-64-42-63-57(65-58)74-55(61)51(53(70-74)59(9,10)11)68-66-47-31-35-49(36-32-47)80(76,77)72(39-44(19-5)28-23-16-2)40-45(20-6)29-24-17-3/h31-38,42-46H,15-30,39-41,61-62H2,1-14H3/b68-66+,69-67+. The van der Waals surface area contributed by atoms with Crippen LogP contribution in [0.4, 0.5) is 34.4 Å². The summed E-state index contributed by atoms with van der Waals surface area (Å²) in [5.74, 6) is 1.19. The molecule has 0 bridgehead atoms. The molecule has 4 atom stereocenters. The molecule has 0 saturated carbocycles. The molecule has 5 aromatic rings. The van der Waals surface area contributed by atoms with E-state index < -0.39 is 30.9 Å². The lowest BCUT2D eigenvalue weighted by molar-refractivity contribution is 0.259. The van der Waals surface area contributed by atoms with Gasteiger partial charge < -0.3 is 11.5 Å². The molecule has 0 aliphatic carbocycles. The topological polar surface area (TPSA) is 251 Å². The SMILES string of the molecule is CCCCCC(C)N(CC(CC)CCCC)S(=O)(=O)c1ccc(/N=N/c2c(C(C)(C)C)nn(-c3ncnc(-n4nc(C(C)(C)C)c(/N=N/c5ccc(S(=O)(=O)N(CC(CC)CCCC)CC(CC)CCCC)cc5)c4N)n3)c2N)cc1. The summed E-state index contributed by atoms with van der Waals surface area (Å²) in [5.41, 5.74) is 15.1. The minimum atomic E-state index is -3.81. The third kappa shape index (κ3) is 17.5. The predicted molar refractivity (Wildman–Crippen MR) is 328 cm³/mol. The van der Waals surface area contributed by atoms with E-state index in [9.17, 15) is 16.8 Å². The maximum atomic E-state index is 14.4. The van der Waals surface area contributed by atoms with Gasteiger partial charge in [-0.2, -0.15) is 53.4 Å². The maximum Gasteiger partial charge on any atom is 0.257 e. The summed E-state index contributed by atoms with van der Waals surface area (Å²) in [7, 11) is -7.62. The summed E-state index contributed by atoms with van der Waals surface area (Å²) < 4.78 is 63.8. The number of nitrogens with zero attached hydrogens (tertiary/aromatic N) is 13. The van der Waals surface area contributed by atoms with Crippen LogP contribution >= 0.6 is 0 Å². The molecule has 0 amide bonds. The number of azo groups is 2. The van der Waals surface area contributed by atoms with E-state index in [-0.39, 0.29) is 57.1 Å². The van der Waals surface area contributed by atoms with Crippen molar-refractivity contribution >= 4 is 54.4 Å². The first-order chi connectivity index (χ1) is 38.4. The van der Waals surface area contributed by atoms with E-state index in [1.807, 2.05) is 48.5 Å². The van der Waals surface area contributed by atoms with Crippen molar-refractivity contribution in [3.05, 3.63) is 66.2 Å². The van der Waals surface area contributed by atoms with Gasteiger partial charge in [0.05, 0.1) is 32.6 Å². The van der Waals surface area contributed by atoms with E-state index in [0.717, 1.165) is 103 Å². The summed E-state index contributed by atoms with van der Waals surface area (Å²) in [4.78, 5) is 14.1. The highest BCUT2D eigenvalue weighted by atomic mass is 32.2. The van der Waals surface area contributed by atoms with Crippen LogP contribution in [0.15, 0.2) is 85.1 Å². The van der Waals surface area contributed by atoms with Crippen molar-refractivity contribution in [1.82, 2.24) is 43.1 Å². The van der Waals surface area contributed by atoms with Crippen molar-refractivity contribution in [1.29, 1.82) is 0 Å². The minimum Gasteiger partial charge on any atom is -0.382 e. The van der Waals surface area contributed by atoms with Crippen LogP contribution in [0.25, 0.3) is 11.9 Å². The number of hydrogen-bond donors (Lipinski definition) is 2. The van der Waals surface area contributed by atoms with E-state index in [1.165, 1.54) is 15.7 Å². The van der Waals surface area contributed by atoms with Gasteiger partial charge in [0.25, 0.3) is 11.9 Å². The van der Waals surface area contributed by atoms with Crippen molar-refractivity contribution in [2.75, 3.05) is 31.1 Å². The second-order valence-corrected chi connectivity index (χ2v) is 27.8. The van der Waals surface area contributed by atoms with E-state index in [4.69, 9.17) is 26.6 Å². The molecule has 0 spiro atoms. The smallest absolute Gasteiger partial charge is 0.257 e. The van der Waals surface area contributed by atoms with Crippen LogP contribution in [-0.2, 0) is 30.9 Å². The van der Waals surface area contributed by atoms with Crippen LogP contribution in [0.2, 0.25) is 0 Å². The van der Waals surface area contributed by atoms with Crippen LogP contribution in [0.3, 0.4) is 0 Å². The fourth-order valence-corrected chi connectivity index (χ4v) is 13.2. The molecule has 0 radical (unpaired) electrons. The van der Waals surface area contributed by atoms with Crippen LogP contribution in [0, 0.1) is 17.8 Å². The van der Waals surface area contributed by atoms with Gasteiger partial charge in [-0.1, -0.05) is 167 Å². The number of sulfonamides is 2. The Bertz CT molecular complexity index is 3020. The second kappa shape index (κ2) is 30.2. The summed E-state index contributed by atoms with van der Waals surface area (Å²) in [6.45, 7) is 30.5. The molecule has 448 valence electrons. The van der Waals surface area contributed by atoms with Gasteiger partial charge in [0.2, 0.25) is 20.0 Å². The Balaban J connectivity index is 1.44. The minimum absolute atomic E-state index is 0.0637. The van der Waals surface area contributed by atoms with Gasteiger partial charge >= 0.3 is 0 Å². The summed E-state index contributed by atoms with van der Waals surface area (Å²) in [6, 6.07) is 12.9. The lowest BCUT2D eigenvalue weighted by Crippen LogP contribution is -2.41. The molecule has 0 aliphatic heterocycles. The van der Waals surface area contributed by atoms with Crippen LogP contribution < -0.4 is 11.5 Å². The zero-order valence-electron chi connectivity index (χ0n) is 51.4. The molecule has 4 unspecified atom stereocenters. The Hall–Kier alpha value is -5.51. The number of hydrogen-bond acceptors (Lipinski definition) is 15. The Labute approximate surface area is 485 Å². The normalized spacial score (nSPS) is 14.5. The Morgan fingerprint density at radius 3 is 1.27 bits per heavy atom. The first-order valence-corrected chi connectivity index (χ1v) is 32.8. The maximum absolute atomic E-state index is 14.4. The monoisotopic (exact) mass is 1160 g/mol. The van der Waals surface area contributed by atoms with Crippen LogP contribution in [-0.4, -0.2) is 85.6 Å². The molecule has 5 rings (SSSR count). The molecule has 3 aromatic heterocycles. The Kier molecular flexibility index (Phi) is 24.7. The lowest BCUT2D eigenvalue weighted by atomic mass is 9.91. The second-order valence-electron chi connectivity index (χ2n) is 24.0. The van der Waals surface area contributed by atoms with E-state index in [0.29, 0.717) is 53.8 Å². The summed E-state index contributed by atoms with van der Waals surface area (Å²) in [6.07, 6.45) is 17.4. The number of unbranched alkanes of at least 4 members (excludes halogenated alkanes) is 5. The molecule has 19 nitrogen and oxygen atoms in total. The largest absolute Gasteiger partial charge is 0.382 e. The van der Waals surface area contributed by atoms with E-state index >= 15 is 0 Å². The Morgan fingerprint density at radius 2 is 0.901 bits per heavy atom. The van der Waals surface area contributed by atoms with Gasteiger partial charge in [0.1, 0.15) is 6.33 Å². The number of aromatic nitrogens is 7. The third-order valence-corrected chi connectivity index (χ3v) is 19.1. The molecule has 4 N–H and O–H groups in total. The number of benzene rings is 2. The van der Waals surface area contributed by atoms with Gasteiger partial charge in [0.15, 0.2) is 23.0 Å². The molecule has 3 heterocycles. The molecule has 0 aliphatic rings. The molecular formula is C60H97N15O4S2. The number of nitrogen functional groups attached to an aromatic ring is 2. The molecule has 0 saturated heterocycles. The molecule has 81 heavy (non-hydrogen) atoms. The fraction of sp³-hybridized carbons (Fsp3) is 0.650. The number of anilines is 2. The van der Waals surface area contributed by atoms with E-state index in [1.54, 1.807) is 57.1 Å². The molecule has 0 fully saturated rings. The predicted octanol–water partition coefficient (Wildman–Crippen LogP) is 15.4. The van der Waals surface area contributed by atoms with Gasteiger partial charge in [-0.05, 0) is 98.9 Å². The van der Waals surface area contributed by atoms with Gasteiger partial charge in [-0.15, -0.1) is 10.2 Å². The van der Waals surface area contributed by atoms with Crippen molar-refractivity contribution < 1.29 is 16.8 Å². The average molecular weight is 1160 g/mol. The van der Waals surface area contributed by atoms with Gasteiger partial charge in [0, 0.05) is 36.5 Å². The van der Waals surface area contributed by atoms with Gasteiger partial charge in [-0.3, -0.25) is 0 Å². The van der Waals surface area contributed by atoms with Crippen molar-refractivity contribution in [3.8, 4) is 11.9 Å². The molecular weight excluding hydrogens is 1060 g/mol. The van der Waals surface area contributed by atoms with Crippen LogP contribution in [0.1, 0.15) is 211 Å². The molecule has 2 aromatic carbocycles. The van der Waals surface area contributed by atoms with Gasteiger partial charge in [-0.25, -0.2) is 16.8 Å². The third-order valence-electron chi connectivity index (χ3n) is 15.3. The summed E-state index contributed by atoms with van der Waals surface area (Å²) in [5, 5.41) is 28.0.